The molecule has 0 spiro atoms. The van der Waals surface area contributed by atoms with Crippen molar-refractivity contribution in [2.75, 3.05) is 6.61 Å². The fourth-order valence-electron chi connectivity index (χ4n) is 4.35. The van der Waals surface area contributed by atoms with Crippen molar-refractivity contribution in [1.82, 2.24) is 19.4 Å². The number of carboxylic acid groups (broad SMARTS) is 1. The first-order valence-corrected chi connectivity index (χ1v) is 11.2. The zero-order valence-electron chi connectivity index (χ0n) is 18.4. The molecule has 0 aliphatic heterocycles. The van der Waals surface area contributed by atoms with Gasteiger partial charge in [0.05, 0.1) is 28.5 Å². The molecule has 1 unspecified atom stereocenters. The van der Waals surface area contributed by atoms with Crippen LogP contribution in [0.4, 0.5) is 0 Å². The zero-order chi connectivity index (χ0) is 23.5. The molecule has 1 aliphatic rings. The molecule has 0 bridgehead atoms. The number of benzene rings is 1. The van der Waals surface area contributed by atoms with Crippen LogP contribution >= 0.6 is 0 Å². The Balaban J connectivity index is 1.62. The fourth-order valence-corrected chi connectivity index (χ4v) is 4.35. The lowest BCUT2D eigenvalue weighted by Gasteiger charge is -2.24. The van der Waals surface area contributed by atoms with Crippen LogP contribution in [0.5, 0.6) is 0 Å². The molecule has 9 heteroatoms. The van der Waals surface area contributed by atoms with Gasteiger partial charge in [0.2, 0.25) is 6.61 Å². The highest BCUT2D eigenvalue weighted by Crippen LogP contribution is 2.34. The number of fused-ring (bicyclic) bond motifs is 1. The number of hydrogen-bond acceptors (Lipinski definition) is 6. The predicted molar refractivity (Wildman–Crippen MR) is 127 cm³/mol. The van der Waals surface area contributed by atoms with Crippen LogP contribution in [0.25, 0.3) is 28.0 Å². The smallest absolute Gasteiger partial charge is 0.344 e. The fraction of sp³-hybridized carbons (Fsp3) is 0.240. The molecule has 1 N–H and O–H groups in total. The number of carbonyl (C=O) groups is 1. The average molecular weight is 457 g/mol. The second-order valence-corrected chi connectivity index (χ2v) is 8.13. The lowest BCUT2D eigenvalue weighted by atomic mass is 9.93. The van der Waals surface area contributed by atoms with E-state index in [1.807, 2.05) is 59.2 Å². The van der Waals surface area contributed by atoms with Crippen LogP contribution in [0.2, 0.25) is 0 Å². The highest BCUT2D eigenvalue weighted by molar-refractivity contribution is 5.91. The summed E-state index contributed by atoms with van der Waals surface area (Å²) in [5.41, 5.74) is 4.42. The average Bonchev–Trinajstić information content (AvgIpc) is 3.25. The molecule has 9 nitrogen and oxygen atoms in total. The molecule has 0 radical (unpaired) electrons. The molecular formula is C25H23N5O4. The maximum Gasteiger partial charge on any atom is 0.344 e. The topological polar surface area (TPSA) is 111 Å². The van der Waals surface area contributed by atoms with E-state index in [1.54, 1.807) is 6.07 Å². The number of pyridine rings is 1. The van der Waals surface area contributed by atoms with Crippen molar-refractivity contribution in [3.05, 3.63) is 77.2 Å². The molecule has 1 saturated carbocycles. The standard InChI is InChI=1S/C25H23N5O4/c31-22-14-13-19(26-30(22)20-11-5-4-10-18(20)28-34-16-23(32)33)24-21-12-6-7-15-29(21)27-25(24)17-8-2-1-3-9-17/h1-3,6-9,12-15,20H,4-5,10-11,16H2,(H,32,33)/b28-18+. The van der Waals surface area contributed by atoms with Gasteiger partial charge in [-0.25, -0.2) is 14.0 Å². The predicted octanol–water partition coefficient (Wildman–Crippen LogP) is 3.80. The lowest BCUT2D eigenvalue weighted by Crippen LogP contribution is -2.34. The highest BCUT2D eigenvalue weighted by atomic mass is 16.6. The van der Waals surface area contributed by atoms with Gasteiger partial charge in [-0.05, 0) is 37.5 Å². The monoisotopic (exact) mass is 457 g/mol. The van der Waals surface area contributed by atoms with Crippen molar-refractivity contribution in [2.24, 2.45) is 5.16 Å². The minimum Gasteiger partial charge on any atom is -0.479 e. The van der Waals surface area contributed by atoms with E-state index in [2.05, 4.69) is 5.16 Å². The maximum absolute atomic E-state index is 12.9. The summed E-state index contributed by atoms with van der Waals surface area (Å²) < 4.78 is 3.25. The first-order valence-electron chi connectivity index (χ1n) is 11.2. The van der Waals surface area contributed by atoms with Crippen molar-refractivity contribution < 1.29 is 14.7 Å². The summed E-state index contributed by atoms with van der Waals surface area (Å²) in [6.45, 7) is -0.526. The van der Waals surface area contributed by atoms with Crippen LogP contribution in [-0.4, -0.2) is 42.8 Å². The van der Waals surface area contributed by atoms with E-state index >= 15 is 0 Å². The molecule has 1 fully saturated rings. The van der Waals surface area contributed by atoms with Crippen molar-refractivity contribution in [2.45, 2.75) is 31.7 Å². The number of hydrogen-bond donors (Lipinski definition) is 1. The number of nitrogens with zero attached hydrogens (tertiary/aromatic N) is 5. The third-order valence-electron chi connectivity index (χ3n) is 5.88. The first kappa shape index (κ1) is 21.6. The Hall–Kier alpha value is -4.27. The normalized spacial score (nSPS) is 17.2. The number of carboxylic acids is 1. The van der Waals surface area contributed by atoms with E-state index in [4.69, 9.17) is 20.1 Å². The Morgan fingerprint density at radius 3 is 2.71 bits per heavy atom. The Kier molecular flexibility index (Phi) is 5.90. The van der Waals surface area contributed by atoms with Crippen molar-refractivity contribution in [1.29, 1.82) is 0 Å². The van der Waals surface area contributed by atoms with Crippen LogP contribution in [-0.2, 0) is 9.63 Å². The Labute approximate surface area is 194 Å². The second-order valence-electron chi connectivity index (χ2n) is 8.13. The summed E-state index contributed by atoms with van der Waals surface area (Å²) in [7, 11) is 0. The third kappa shape index (κ3) is 4.19. The number of aromatic nitrogens is 4. The first-order chi connectivity index (χ1) is 16.6. The van der Waals surface area contributed by atoms with Gasteiger partial charge in [-0.2, -0.15) is 10.2 Å². The molecule has 3 heterocycles. The van der Waals surface area contributed by atoms with E-state index in [0.29, 0.717) is 24.2 Å². The number of rotatable bonds is 6. The van der Waals surface area contributed by atoms with Gasteiger partial charge in [0.25, 0.3) is 5.56 Å². The molecule has 5 rings (SSSR count). The molecule has 1 aromatic carbocycles. The Morgan fingerprint density at radius 1 is 1.06 bits per heavy atom. The van der Waals surface area contributed by atoms with Crippen LogP contribution in [0, 0.1) is 0 Å². The minimum absolute atomic E-state index is 0.251. The van der Waals surface area contributed by atoms with Crippen LogP contribution in [0.15, 0.2) is 76.8 Å². The lowest BCUT2D eigenvalue weighted by molar-refractivity contribution is -0.142. The van der Waals surface area contributed by atoms with Crippen LogP contribution in [0.3, 0.4) is 0 Å². The molecule has 0 amide bonds. The van der Waals surface area contributed by atoms with Gasteiger partial charge in [-0.3, -0.25) is 4.79 Å². The van der Waals surface area contributed by atoms with Gasteiger partial charge in [0, 0.05) is 17.8 Å². The quantitative estimate of drug-likeness (QED) is 0.441. The van der Waals surface area contributed by atoms with Crippen molar-refractivity contribution in [3.8, 4) is 22.5 Å². The van der Waals surface area contributed by atoms with Gasteiger partial charge in [0.1, 0.15) is 5.69 Å². The SMILES string of the molecule is O=C(O)CO/N=C1\CCCCC1n1nc(-c2c(-c3ccccc3)nn3ccccc23)ccc1=O. The minimum atomic E-state index is -1.10. The van der Waals surface area contributed by atoms with Crippen molar-refractivity contribution in [3.63, 3.8) is 0 Å². The molecule has 4 aromatic rings. The summed E-state index contributed by atoms with van der Waals surface area (Å²) in [6, 6.07) is 18.5. The summed E-state index contributed by atoms with van der Waals surface area (Å²) in [4.78, 5) is 28.7. The highest BCUT2D eigenvalue weighted by Gasteiger charge is 2.26. The summed E-state index contributed by atoms with van der Waals surface area (Å²) in [5, 5.41) is 22.5. The molecule has 3 aromatic heterocycles. The van der Waals surface area contributed by atoms with E-state index in [1.165, 1.54) is 10.7 Å². The summed E-state index contributed by atoms with van der Waals surface area (Å²) in [5.74, 6) is -1.10. The van der Waals surface area contributed by atoms with Gasteiger partial charge < -0.3 is 9.94 Å². The van der Waals surface area contributed by atoms with Gasteiger partial charge in [0.15, 0.2) is 0 Å². The second kappa shape index (κ2) is 9.30. The number of oxime groups is 1. The van der Waals surface area contributed by atoms with E-state index in [0.717, 1.165) is 35.2 Å². The van der Waals surface area contributed by atoms with Gasteiger partial charge >= 0.3 is 5.97 Å². The Morgan fingerprint density at radius 2 is 1.88 bits per heavy atom. The van der Waals surface area contributed by atoms with E-state index in [-0.39, 0.29) is 5.56 Å². The molecule has 34 heavy (non-hydrogen) atoms. The zero-order valence-corrected chi connectivity index (χ0v) is 18.4. The molecule has 1 atom stereocenters. The largest absolute Gasteiger partial charge is 0.479 e. The molecular weight excluding hydrogens is 434 g/mol. The summed E-state index contributed by atoms with van der Waals surface area (Å²) >= 11 is 0. The Bertz CT molecular complexity index is 1420. The van der Waals surface area contributed by atoms with E-state index in [9.17, 15) is 9.59 Å². The maximum atomic E-state index is 12.9. The summed E-state index contributed by atoms with van der Waals surface area (Å²) in [6.07, 6.45) is 4.98. The molecule has 172 valence electrons. The van der Waals surface area contributed by atoms with Crippen molar-refractivity contribution >= 4 is 17.2 Å². The number of aliphatic carboxylic acids is 1. The van der Waals surface area contributed by atoms with Crippen LogP contribution in [0.1, 0.15) is 31.7 Å². The molecule has 0 saturated heterocycles. The molecule has 1 aliphatic carbocycles. The van der Waals surface area contributed by atoms with E-state index < -0.39 is 18.6 Å². The van der Waals surface area contributed by atoms with Gasteiger partial charge in [-0.15, -0.1) is 0 Å². The van der Waals surface area contributed by atoms with Crippen LogP contribution < -0.4 is 5.56 Å². The van der Waals surface area contributed by atoms with Gasteiger partial charge in [-0.1, -0.05) is 48.0 Å². The third-order valence-corrected chi connectivity index (χ3v) is 5.88.